The number of carbonyl (C=O) groups excluding carboxylic acids is 7. The first-order chi connectivity index (χ1) is 50.4. The average Bonchev–Trinajstić information content (AvgIpc) is 1.53. The Balaban J connectivity index is 0.000000623. The first kappa shape index (κ1) is 84.8. The molecule has 0 saturated carbocycles. The number of amides is 7. The molecule has 37 heteroatoms. The Morgan fingerprint density at radius 2 is 1.34 bits per heavy atom. The van der Waals surface area contributed by atoms with E-state index in [1.165, 1.54) is 35.0 Å². The van der Waals surface area contributed by atoms with Crippen molar-refractivity contribution in [1.29, 1.82) is 0 Å². The summed E-state index contributed by atoms with van der Waals surface area (Å²) in [5, 5.41) is 49.6. The number of nitrogens with zero attached hydrogens (tertiary/aromatic N) is 10. The number of aliphatic hydroxyl groups excluding tert-OH is 4. The molecule has 19 N–H and O–H groups in total. The van der Waals surface area contributed by atoms with Gasteiger partial charge in [-0.3, -0.25) is 57.7 Å². The average molecular weight is 1580 g/mol. The smallest absolute Gasteiger partial charge is 0.268 e. The first-order valence-electron chi connectivity index (χ1n) is 35.9. The van der Waals surface area contributed by atoms with Crippen LogP contribution in [0.5, 0.6) is 0 Å². The van der Waals surface area contributed by atoms with Gasteiger partial charge in [0.1, 0.15) is 36.3 Å². The molecule has 11 rings (SSSR count). The summed E-state index contributed by atoms with van der Waals surface area (Å²) in [5.41, 5.74) is 43.2. The molecule has 35 nitrogen and oxygen atoms in total. The summed E-state index contributed by atoms with van der Waals surface area (Å²) in [7, 11) is -5.32. The zero-order chi connectivity index (χ0) is 79.6. The Morgan fingerprint density at radius 1 is 0.734 bits per heavy atom. The van der Waals surface area contributed by atoms with Crippen LogP contribution >= 0.6 is 7.82 Å². The summed E-state index contributed by atoms with van der Waals surface area (Å²) < 4.78 is 38.8. The number of imidazole rings is 2. The molecule has 10 heterocycles. The Bertz CT molecular complexity index is 4520. The topological polar surface area (TPSA) is 584 Å². The van der Waals surface area contributed by atoms with Crippen LogP contribution in [0.4, 0.5) is 5.82 Å². The number of phosphoric acid groups is 1. The summed E-state index contributed by atoms with van der Waals surface area (Å²) in [6.45, 7) is 22.6. The molecule has 19 atom stereocenters. The number of allylic oxidation sites excluding steroid dienone is 6. The van der Waals surface area contributed by atoms with Gasteiger partial charge in [-0.05, 0) is 125 Å². The number of aromatic nitrogens is 6. The molecule has 3 saturated heterocycles. The van der Waals surface area contributed by atoms with Crippen molar-refractivity contribution in [2.75, 3.05) is 18.9 Å². The van der Waals surface area contributed by atoms with Gasteiger partial charge in [-0.25, -0.2) is 19.9 Å². The predicted molar refractivity (Wildman–Crippen MR) is 393 cm³/mol. The van der Waals surface area contributed by atoms with Gasteiger partial charge in [-0.2, -0.15) is 5.70 Å². The summed E-state index contributed by atoms with van der Waals surface area (Å²) in [5.74, 6) is -7.16. The van der Waals surface area contributed by atoms with Gasteiger partial charge in [0.25, 0.3) is 7.82 Å². The standard InChI is InChI=1S/C62H90N13O14P.C10H12N5O3.Co/c1-29-20-39-40(21-30(29)2)75(28-70-39)57-52(84)53(41(27-76)87-57)89-90(85,86)88-31(3)26-69-49(83)18-19-59(8)37(22-46(66)80)56-62(11)61(10,25-48(68)82)36(14-17-45(65)79)51(74-62)33(5)55-60(9,24-47(67)81)34(12-15-43(63)77)38(71-55)23-42-58(6,7)35(13-16-44(64)78)50(72-42)32(4)54(59)73-56;1-4-6(16)7(17)10(18-4)15-3-14-5-8(11)12-2-13-9(5)15;/h20-21,23,28,31,34-37,41,52-53,56-57,76,84H,12-19,22,24-27H2,1-11H3,(H15,63,64,65,66,67,68,69,71,72,73,74,77,78,79,80,81,82,83,85,86);2-4,6-7,10,16-17H,1H2,(H2,11,12,13);/q;-1;/p-2/t31-,34-,35-,36-,37+,41-,52-,53-,56?,57+,59-,60+,61+,62+;4-,6-,7-,10-;/m11./s1. The number of primary amides is 6. The molecule has 0 aliphatic carbocycles. The maximum absolute atomic E-state index is 14.4. The molecule has 597 valence electrons. The van der Waals surface area contributed by atoms with Crippen LogP contribution in [0.15, 0.2) is 80.4 Å². The van der Waals surface area contributed by atoms with Gasteiger partial charge in [-0.15, -0.1) is 0 Å². The second-order valence-electron chi connectivity index (χ2n) is 31.1. The largest absolute Gasteiger partial charge is 0.756 e. The minimum absolute atomic E-state index is 0. The molecule has 3 aromatic heterocycles. The SMILES string of the molecule is C/C1=C2/[N-]C([C@H](CC(N)=O)[C@@]2(C)CCC(=O)NC[C@@H](C)OP(=O)([O-])O[C@H]2[C@@H](O)[C@@H](n3cnc4cc(C)c(C)cc43)O[C@@H]2CO)[C@]2(C)N=C(/C(C)=C3N=C(/C=C4N=C1[C@@H](CCC(N)=O)C\4(C)C)[C@@H](CCC(N)=O)[C@]\3(C)CC(N)=O)[C@@H](CCC(N)=O)[C@]2(C)CC(N)=O.[CH2-][C@H]1O[C@@H](n2cnc3c(N)ncnc32)[C@H](O)[C@@H]1O.[Co]. The number of aliphatic imine (C=N–C) groups is 3. The summed E-state index contributed by atoms with van der Waals surface area (Å²) >= 11 is 0. The Morgan fingerprint density at radius 3 is 1.94 bits per heavy atom. The summed E-state index contributed by atoms with van der Waals surface area (Å²) in [6, 6.07) is 2.65. The first-order valence-corrected chi connectivity index (χ1v) is 37.3. The van der Waals surface area contributed by atoms with Crippen LogP contribution in [0.2, 0.25) is 0 Å². The van der Waals surface area contributed by atoms with Crippen molar-refractivity contribution >= 4 is 94.3 Å². The van der Waals surface area contributed by atoms with Crippen LogP contribution < -0.4 is 50.3 Å². The second kappa shape index (κ2) is 32.2. The molecule has 1 aromatic carbocycles. The zero-order valence-corrected chi connectivity index (χ0v) is 64.8. The molecule has 0 spiro atoms. The van der Waals surface area contributed by atoms with Gasteiger partial charge >= 0.3 is 0 Å². The second-order valence-corrected chi connectivity index (χ2v) is 32.4. The Hall–Kier alpha value is -8.26. The number of aryl methyl sites for hydroxylation is 2. The number of fused-ring (bicyclic) bond motifs is 8. The van der Waals surface area contributed by atoms with Crippen LogP contribution in [0.25, 0.3) is 27.5 Å². The molecular weight excluding hydrogens is 1480 g/mol. The minimum atomic E-state index is -5.32. The number of ether oxygens (including phenoxy) is 2. The van der Waals surface area contributed by atoms with Crippen LogP contribution in [-0.2, 0) is 73.4 Å². The number of aliphatic hydroxyl groups is 4. The van der Waals surface area contributed by atoms with Gasteiger partial charge in [0.05, 0.1) is 53.7 Å². The molecule has 3 fully saturated rings. The number of carbonyl (C=O) groups is 7. The molecule has 4 aromatic rings. The van der Waals surface area contributed by atoms with Crippen LogP contribution in [0.1, 0.15) is 157 Å². The predicted octanol–water partition coefficient (Wildman–Crippen LogP) is 2.17. The van der Waals surface area contributed by atoms with Gasteiger partial charge in [0.2, 0.25) is 41.4 Å². The maximum Gasteiger partial charge on any atom is 0.268 e. The maximum atomic E-state index is 14.4. The zero-order valence-electron chi connectivity index (χ0n) is 62.8. The quantitative estimate of drug-likeness (QED) is 0.0301. The number of rotatable bonds is 27. The normalized spacial score (nSPS) is 33.6. The Kier molecular flexibility index (Phi) is 25.0. The fraction of sp³-hybridized carbons (Fsp3) is 0.597. The van der Waals surface area contributed by atoms with Crippen molar-refractivity contribution in [3.8, 4) is 0 Å². The molecule has 7 amide bonds. The van der Waals surface area contributed by atoms with Crippen molar-refractivity contribution in [3.05, 3.63) is 88.8 Å². The number of nitrogen functional groups attached to an aromatic ring is 1. The molecule has 8 bridgehead atoms. The summed E-state index contributed by atoms with van der Waals surface area (Å²) in [4.78, 5) is 140. The van der Waals surface area contributed by atoms with E-state index in [-0.39, 0.29) is 99.8 Å². The molecule has 7 aliphatic heterocycles. The third-order valence-corrected chi connectivity index (χ3v) is 24.6. The van der Waals surface area contributed by atoms with E-state index in [2.05, 4.69) is 32.2 Å². The van der Waals surface area contributed by atoms with Crippen molar-refractivity contribution in [3.63, 3.8) is 0 Å². The number of nitrogens with two attached hydrogens (primary N) is 7. The van der Waals surface area contributed by atoms with Crippen LogP contribution in [-0.4, -0.2) is 175 Å². The van der Waals surface area contributed by atoms with Gasteiger partial charge in [0.15, 0.2) is 23.9 Å². The molecule has 109 heavy (non-hydrogen) atoms. The number of nitrogens with one attached hydrogen (secondary N) is 1. The number of hydrogen-bond donors (Lipinski definition) is 12. The molecule has 7 aliphatic rings. The monoisotopic (exact) mass is 1580 g/mol. The van der Waals surface area contributed by atoms with Crippen LogP contribution in [0.3, 0.4) is 0 Å². The Labute approximate surface area is 640 Å². The van der Waals surface area contributed by atoms with E-state index < -0.39 is 168 Å². The minimum Gasteiger partial charge on any atom is -0.756 e. The van der Waals surface area contributed by atoms with Crippen molar-refractivity contribution in [2.24, 2.45) is 94.7 Å². The van der Waals surface area contributed by atoms with E-state index in [1.807, 2.05) is 80.5 Å². The third kappa shape index (κ3) is 16.3. The van der Waals surface area contributed by atoms with Gasteiger partial charge in [-0.1, -0.05) is 40.7 Å². The molecule has 2 unspecified atom stereocenters. The van der Waals surface area contributed by atoms with Crippen molar-refractivity contribution in [1.82, 2.24) is 34.4 Å². The fourth-order valence-electron chi connectivity index (χ4n) is 17.3. The fourth-order valence-corrected chi connectivity index (χ4v) is 18.5. The van der Waals surface area contributed by atoms with Crippen LogP contribution in [0, 0.1) is 66.1 Å². The third-order valence-electron chi connectivity index (χ3n) is 23.5. The van der Waals surface area contributed by atoms with E-state index in [0.29, 0.717) is 67.6 Å². The van der Waals surface area contributed by atoms with E-state index in [9.17, 15) is 63.4 Å². The molecular formula is C72H100CoN18O17P-3. The number of anilines is 1. The number of phosphoric ester groups is 1. The van der Waals surface area contributed by atoms with Gasteiger partial charge in [0, 0.05) is 125 Å². The van der Waals surface area contributed by atoms with Crippen molar-refractivity contribution < 1.29 is 98.7 Å². The van der Waals surface area contributed by atoms with E-state index >= 15 is 0 Å². The summed E-state index contributed by atoms with van der Waals surface area (Å²) in [6.07, 6.45) is -5.69. The van der Waals surface area contributed by atoms with Gasteiger partial charge < -0.3 is 106 Å². The van der Waals surface area contributed by atoms with E-state index in [4.69, 9.17) is 79.0 Å². The number of hydrogen-bond acceptors (Lipinski definition) is 25. The van der Waals surface area contributed by atoms with E-state index in [1.54, 1.807) is 6.92 Å². The van der Waals surface area contributed by atoms with Crippen molar-refractivity contribution in [2.45, 2.75) is 214 Å². The van der Waals surface area contributed by atoms with E-state index in [0.717, 1.165) is 11.1 Å². The molecule has 1 radical (unpaired) electrons. The number of benzene rings is 1.